The fraction of sp³-hybridized carbons (Fsp3) is 0.750. The second-order valence-electron chi connectivity index (χ2n) is 8.26. The van der Waals surface area contributed by atoms with E-state index in [4.69, 9.17) is 9.98 Å². The van der Waals surface area contributed by atoms with Crippen LogP contribution >= 0.6 is 0 Å². The molecule has 3 aliphatic rings. The monoisotopic (exact) mass is 372 g/mol. The van der Waals surface area contributed by atoms with Crippen molar-refractivity contribution in [3.8, 4) is 0 Å². The van der Waals surface area contributed by atoms with Crippen molar-refractivity contribution in [1.82, 2.24) is 25.1 Å². The van der Waals surface area contributed by atoms with Gasteiger partial charge in [-0.2, -0.15) is 0 Å². The zero-order valence-electron chi connectivity index (χ0n) is 16.5. The van der Waals surface area contributed by atoms with Crippen LogP contribution in [0.15, 0.2) is 11.2 Å². The summed E-state index contributed by atoms with van der Waals surface area (Å²) in [6, 6.07) is 0. The normalized spacial score (nSPS) is 25.6. The number of carbonyl (C=O) groups is 1. The second kappa shape index (κ2) is 7.90. The molecule has 7 heteroatoms. The number of likely N-dealkylation sites (tertiary alicyclic amines) is 1. The summed E-state index contributed by atoms with van der Waals surface area (Å²) in [6.45, 7) is 7.56. The van der Waals surface area contributed by atoms with Gasteiger partial charge in [0, 0.05) is 70.1 Å². The number of nitrogens with one attached hydrogen (secondary N) is 2. The molecule has 4 heterocycles. The Morgan fingerprint density at radius 1 is 1.37 bits per heavy atom. The lowest BCUT2D eigenvalue weighted by Crippen LogP contribution is -2.51. The zero-order valence-corrected chi connectivity index (χ0v) is 16.5. The minimum absolute atomic E-state index is 0.0917. The topological polar surface area (TPSA) is 74.6 Å². The summed E-state index contributed by atoms with van der Waals surface area (Å²) in [4.78, 5) is 23.8. The van der Waals surface area contributed by atoms with E-state index < -0.39 is 0 Å². The van der Waals surface area contributed by atoms with Gasteiger partial charge in [-0.3, -0.25) is 9.79 Å². The first-order valence-corrected chi connectivity index (χ1v) is 10.5. The number of guanidine groups is 1. The number of hydrogen-bond donors (Lipinski definition) is 2. The molecular weight excluding hydrogens is 340 g/mol. The Morgan fingerprint density at radius 3 is 3.07 bits per heavy atom. The van der Waals surface area contributed by atoms with Crippen molar-refractivity contribution in [2.45, 2.75) is 58.4 Å². The second-order valence-corrected chi connectivity index (χ2v) is 8.26. The Balaban J connectivity index is 1.39. The standard InChI is InChI=1S/C20H32N6O/c1-2-21-19(26-11-5-8-20(15-26)12-18(27)23-14-20)22-9-7-16-13-25-10-4-3-6-17(25)24-16/h13H,2-12,14-15H2,1H3,(H,21,22)(H,23,27). The first kappa shape index (κ1) is 18.3. The number of hydrogen-bond acceptors (Lipinski definition) is 3. The Bertz CT molecular complexity index is 688. The van der Waals surface area contributed by atoms with Crippen LogP contribution in [0.1, 0.15) is 50.5 Å². The van der Waals surface area contributed by atoms with Crippen molar-refractivity contribution in [3.63, 3.8) is 0 Å². The number of rotatable bonds is 4. The summed E-state index contributed by atoms with van der Waals surface area (Å²) in [5, 5.41) is 6.47. The number of aromatic nitrogens is 2. The molecule has 2 fully saturated rings. The van der Waals surface area contributed by atoms with Gasteiger partial charge in [0.15, 0.2) is 5.96 Å². The summed E-state index contributed by atoms with van der Waals surface area (Å²) in [5.74, 6) is 2.42. The highest BCUT2D eigenvalue weighted by Crippen LogP contribution is 2.36. The molecular formula is C20H32N6O. The van der Waals surface area contributed by atoms with Gasteiger partial charge in [-0.05, 0) is 32.6 Å². The van der Waals surface area contributed by atoms with Crippen LogP contribution in [0.2, 0.25) is 0 Å². The number of aliphatic imine (C=N–C) groups is 1. The lowest BCUT2D eigenvalue weighted by atomic mass is 9.79. The molecule has 1 spiro atoms. The number of fused-ring (bicyclic) bond motifs is 1. The van der Waals surface area contributed by atoms with Gasteiger partial charge in [0.2, 0.25) is 5.91 Å². The van der Waals surface area contributed by atoms with E-state index in [1.54, 1.807) is 0 Å². The molecule has 2 saturated heterocycles. The fourth-order valence-electron chi connectivity index (χ4n) is 4.72. The molecule has 3 aliphatic heterocycles. The molecule has 148 valence electrons. The zero-order chi connectivity index (χ0) is 18.7. The highest BCUT2D eigenvalue weighted by atomic mass is 16.1. The van der Waals surface area contributed by atoms with Crippen molar-refractivity contribution in [2.75, 3.05) is 32.7 Å². The first-order valence-electron chi connectivity index (χ1n) is 10.5. The maximum atomic E-state index is 11.7. The smallest absolute Gasteiger partial charge is 0.220 e. The molecule has 2 N–H and O–H groups in total. The average molecular weight is 373 g/mol. The highest BCUT2D eigenvalue weighted by molar-refractivity contribution is 5.81. The number of piperidine rings is 1. The average Bonchev–Trinajstić information content (AvgIpc) is 3.24. The van der Waals surface area contributed by atoms with E-state index in [-0.39, 0.29) is 11.3 Å². The predicted octanol–water partition coefficient (Wildman–Crippen LogP) is 1.33. The van der Waals surface area contributed by atoms with Crippen molar-refractivity contribution in [1.29, 1.82) is 0 Å². The van der Waals surface area contributed by atoms with Gasteiger partial charge in [-0.1, -0.05) is 0 Å². The van der Waals surface area contributed by atoms with Crippen LogP contribution in [0.25, 0.3) is 0 Å². The third-order valence-corrected chi connectivity index (χ3v) is 6.08. The molecule has 27 heavy (non-hydrogen) atoms. The number of imidazole rings is 1. The molecule has 0 radical (unpaired) electrons. The van der Waals surface area contributed by atoms with Crippen LogP contribution in [0.4, 0.5) is 0 Å². The van der Waals surface area contributed by atoms with Gasteiger partial charge in [0.05, 0.1) is 5.69 Å². The van der Waals surface area contributed by atoms with E-state index in [1.165, 1.54) is 18.7 Å². The predicted molar refractivity (Wildman–Crippen MR) is 106 cm³/mol. The highest BCUT2D eigenvalue weighted by Gasteiger charge is 2.42. The Morgan fingerprint density at radius 2 is 2.30 bits per heavy atom. The fourth-order valence-corrected chi connectivity index (χ4v) is 4.72. The molecule has 0 aromatic carbocycles. The maximum Gasteiger partial charge on any atom is 0.220 e. The maximum absolute atomic E-state index is 11.7. The third kappa shape index (κ3) is 4.12. The minimum Gasteiger partial charge on any atom is -0.357 e. The van der Waals surface area contributed by atoms with Gasteiger partial charge in [-0.15, -0.1) is 0 Å². The van der Waals surface area contributed by atoms with E-state index in [0.29, 0.717) is 6.42 Å². The molecule has 1 atom stereocenters. The Hall–Kier alpha value is -2.05. The first-order chi connectivity index (χ1) is 13.2. The molecule has 1 aromatic heterocycles. The molecule has 4 rings (SSSR count). The van der Waals surface area contributed by atoms with Crippen LogP contribution in [-0.4, -0.2) is 59.0 Å². The summed E-state index contributed by atoms with van der Waals surface area (Å²) in [7, 11) is 0. The minimum atomic E-state index is 0.0917. The number of amides is 1. The van der Waals surface area contributed by atoms with Gasteiger partial charge in [0.1, 0.15) is 5.82 Å². The number of aryl methyl sites for hydroxylation is 2. The Kier molecular flexibility index (Phi) is 5.36. The van der Waals surface area contributed by atoms with Gasteiger partial charge in [-0.25, -0.2) is 4.98 Å². The summed E-state index contributed by atoms with van der Waals surface area (Å²) in [6.07, 6.45) is 9.62. The third-order valence-electron chi connectivity index (χ3n) is 6.08. The van der Waals surface area contributed by atoms with E-state index in [0.717, 1.165) is 76.6 Å². The van der Waals surface area contributed by atoms with Crippen LogP contribution < -0.4 is 10.6 Å². The van der Waals surface area contributed by atoms with Crippen LogP contribution in [0.5, 0.6) is 0 Å². The SMILES string of the molecule is CCNC(=NCCc1cn2c(n1)CCCC2)N1CCCC2(CNC(=O)C2)C1. The quantitative estimate of drug-likeness (QED) is 0.618. The van der Waals surface area contributed by atoms with Gasteiger partial charge in [0.25, 0.3) is 0 Å². The van der Waals surface area contributed by atoms with E-state index >= 15 is 0 Å². The summed E-state index contributed by atoms with van der Waals surface area (Å²) >= 11 is 0. The molecule has 1 aromatic rings. The van der Waals surface area contributed by atoms with E-state index in [1.807, 2.05) is 0 Å². The molecule has 1 amide bonds. The lowest BCUT2D eigenvalue weighted by Gasteiger charge is -2.40. The van der Waals surface area contributed by atoms with Crippen LogP contribution in [0, 0.1) is 5.41 Å². The van der Waals surface area contributed by atoms with Crippen molar-refractivity contribution >= 4 is 11.9 Å². The van der Waals surface area contributed by atoms with Crippen LogP contribution in [-0.2, 0) is 24.2 Å². The van der Waals surface area contributed by atoms with Crippen LogP contribution in [0.3, 0.4) is 0 Å². The number of carbonyl (C=O) groups excluding carboxylic acids is 1. The molecule has 0 aliphatic carbocycles. The van der Waals surface area contributed by atoms with Crippen molar-refractivity contribution < 1.29 is 4.79 Å². The molecule has 7 nitrogen and oxygen atoms in total. The van der Waals surface area contributed by atoms with Gasteiger partial charge >= 0.3 is 0 Å². The van der Waals surface area contributed by atoms with E-state index in [2.05, 4.69) is 33.2 Å². The Labute approximate surface area is 161 Å². The van der Waals surface area contributed by atoms with Crippen molar-refractivity contribution in [3.05, 3.63) is 17.7 Å². The summed E-state index contributed by atoms with van der Waals surface area (Å²) in [5.41, 5.74) is 1.25. The lowest BCUT2D eigenvalue weighted by molar-refractivity contribution is -0.119. The summed E-state index contributed by atoms with van der Waals surface area (Å²) < 4.78 is 2.31. The molecule has 0 bridgehead atoms. The molecule has 1 unspecified atom stereocenters. The number of nitrogens with zero attached hydrogens (tertiary/aromatic N) is 4. The largest absolute Gasteiger partial charge is 0.357 e. The van der Waals surface area contributed by atoms with Gasteiger partial charge < -0.3 is 20.1 Å². The van der Waals surface area contributed by atoms with Crippen molar-refractivity contribution in [2.24, 2.45) is 10.4 Å². The van der Waals surface area contributed by atoms with E-state index in [9.17, 15) is 4.79 Å². The molecule has 0 saturated carbocycles.